The summed E-state index contributed by atoms with van der Waals surface area (Å²) in [7, 11) is 1.59. The van der Waals surface area contributed by atoms with Crippen LogP contribution in [0.5, 0.6) is 0 Å². The summed E-state index contributed by atoms with van der Waals surface area (Å²) in [5.41, 5.74) is 0. The molecule has 0 saturated carbocycles. The van der Waals surface area contributed by atoms with Crippen LogP contribution in [0.4, 0.5) is 0 Å². The number of hydrogen-bond acceptors (Lipinski definition) is 3. The number of rotatable bonds is 10. The molecule has 0 spiro atoms. The molecule has 1 N–H and O–H groups in total. The second-order valence-electron chi connectivity index (χ2n) is 3.53. The minimum atomic E-state index is -0.161. The van der Waals surface area contributed by atoms with Gasteiger partial charge in [0.2, 0.25) is 0 Å². The first-order valence-electron chi connectivity index (χ1n) is 5.56. The first-order chi connectivity index (χ1) is 6.85. The van der Waals surface area contributed by atoms with Crippen LogP contribution in [-0.4, -0.2) is 38.1 Å². The molecular weight excluding hydrogens is 180 g/mol. The van der Waals surface area contributed by atoms with Gasteiger partial charge in [0.1, 0.15) is 6.10 Å². The Hall–Kier alpha value is -0.120. The Kier molecular flexibility index (Phi) is 10.9. The van der Waals surface area contributed by atoms with Crippen molar-refractivity contribution in [3.63, 3.8) is 0 Å². The fourth-order valence-corrected chi connectivity index (χ4v) is 1.22. The van der Waals surface area contributed by atoms with Crippen LogP contribution in [0.2, 0.25) is 0 Å². The largest absolute Gasteiger partial charge is 0.394 e. The molecule has 0 amide bonds. The highest BCUT2D eigenvalue weighted by Crippen LogP contribution is 2.02. The predicted molar refractivity (Wildman–Crippen MR) is 57.5 cm³/mol. The van der Waals surface area contributed by atoms with Gasteiger partial charge in [0, 0.05) is 13.7 Å². The van der Waals surface area contributed by atoms with Crippen LogP contribution >= 0.6 is 0 Å². The molecule has 0 fully saturated rings. The summed E-state index contributed by atoms with van der Waals surface area (Å²) in [6, 6.07) is 0. The van der Waals surface area contributed by atoms with Gasteiger partial charge < -0.3 is 14.6 Å². The summed E-state index contributed by atoms with van der Waals surface area (Å²) in [5, 5.41) is 8.79. The zero-order valence-electron chi connectivity index (χ0n) is 9.50. The number of aliphatic hydroxyl groups excluding tert-OH is 1. The third-order valence-electron chi connectivity index (χ3n) is 2.23. The van der Waals surface area contributed by atoms with E-state index in [-0.39, 0.29) is 12.7 Å². The summed E-state index contributed by atoms with van der Waals surface area (Å²) in [6.45, 7) is 3.53. The third-order valence-corrected chi connectivity index (χ3v) is 2.23. The molecule has 0 rings (SSSR count). The molecule has 3 heteroatoms. The van der Waals surface area contributed by atoms with Crippen LogP contribution in [0.25, 0.3) is 0 Å². The quantitative estimate of drug-likeness (QED) is 0.553. The summed E-state index contributed by atoms with van der Waals surface area (Å²) < 4.78 is 10.3. The van der Waals surface area contributed by atoms with Crippen molar-refractivity contribution in [1.29, 1.82) is 0 Å². The van der Waals surface area contributed by atoms with Crippen molar-refractivity contribution in [2.45, 2.75) is 45.1 Å². The van der Waals surface area contributed by atoms with Gasteiger partial charge in [-0.3, -0.25) is 0 Å². The fourth-order valence-electron chi connectivity index (χ4n) is 1.22. The molecule has 0 radical (unpaired) electrons. The first kappa shape index (κ1) is 13.9. The molecule has 0 aromatic rings. The smallest absolute Gasteiger partial charge is 0.103 e. The number of methoxy groups -OCH3 is 1. The Morgan fingerprint density at radius 1 is 1.14 bits per heavy atom. The van der Waals surface area contributed by atoms with Gasteiger partial charge in [-0.2, -0.15) is 0 Å². The van der Waals surface area contributed by atoms with Gasteiger partial charge >= 0.3 is 0 Å². The normalized spacial score (nSPS) is 13.1. The average molecular weight is 204 g/mol. The van der Waals surface area contributed by atoms with Gasteiger partial charge in [0.15, 0.2) is 0 Å². The number of hydrogen-bond donors (Lipinski definition) is 1. The molecule has 0 aliphatic carbocycles. The van der Waals surface area contributed by atoms with Gasteiger partial charge in [-0.05, 0) is 6.42 Å². The van der Waals surface area contributed by atoms with Crippen LogP contribution < -0.4 is 0 Å². The van der Waals surface area contributed by atoms with E-state index in [0.717, 1.165) is 13.0 Å². The lowest BCUT2D eigenvalue weighted by Crippen LogP contribution is -2.22. The van der Waals surface area contributed by atoms with Crippen molar-refractivity contribution < 1.29 is 14.6 Å². The van der Waals surface area contributed by atoms with E-state index in [1.165, 1.54) is 25.7 Å². The molecule has 0 aliphatic heterocycles. The predicted octanol–water partition coefficient (Wildman–Crippen LogP) is 1.98. The van der Waals surface area contributed by atoms with E-state index in [9.17, 15) is 0 Å². The number of ether oxygens (including phenoxy) is 2. The van der Waals surface area contributed by atoms with Crippen LogP contribution in [0.15, 0.2) is 0 Å². The van der Waals surface area contributed by atoms with Crippen molar-refractivity contribution in [2.24, 2.45) is 0 Å². The lowest BCUT2D eigenvalue weighted by atomic mass is 10.2. The lowest BCUT2D eigenvalue weighted by molar-refractivity contribution is -0.0205. The van der Waals surface area contributed by atoms with Crippen molar-refractivity contribution in [3.05, 3.63) is 0 Å². The SMILES string of the molecule is CCCCCCCOCC(CO)OC. The van der Waals surface area contributed by atoms with Gasteiger partial charge in [0.05, 0.1) is 13.2 Å². The molecule has 3 nitrogen and oxygen atoms in total. The van der Waals surface area contributed by atoms with Gasteiger partial charge in [0.25, 0.3) is 0 Å². The standard InChI is InChI=1S/C11H24O3/c1-3-4-5-6-7-8-14-10-11(9-12)13-2/h11-12H,3-10H2,1-2H3. The van der Waals surface area contributed by atoms with Gasteiger partial charge in [-0.15, -0.1) is 0 Å². The summed E-state index contributed by atoms with van der Waals surface area (Å²) in [6.07, 6.45) is 6.08. The topological polar surface area (TPSA) is 38.7 Å². The Bertz CT molecular complexity index is 103. The lowest BCUT2D eigenvalue weighted by Gasteiger charge is -2.12. The highest BCUT2D eigenvalue weighted by atomic mass is 16.5. The third kappa shape index (κ3) is 8.48. The van der Waals surface area contributed by atoms with Crippen molar-refractivity contribution >= 4 is 0 Å². The second kappa shape index (κ2) is 11.0. The molecule has 0 aromatic carbocycles. The molecule has 0 aliphatic rings. The minimum Gasteiger partial charge on any atom is -0.394 e. The molecule has 0 heterocycles. The molecule has 14 heavy (non-hydrogen) atoms. The van der Waals surface area contributed by atoms with Crippen LogP contribution in [0, 0.1) is 0 Å². The molecule has 0 saturated heterocycles. The highest BCUT2D eigenvalue weighted by molar-refractivity contribution is 4.52. The Balaban J connectivity index is 3.04. The van der Waals surface area contributed by atoms with E-state index in [1.807, 2.05) is 0 Å². The molecular formula is C11H24O3. The summed E-state index contributed by atoms with van der Waals surface area (Å²) in [5.74, 6) is 0. The maximum atomic E-state index is 8.79. The molecule has 0 aromatic heterocycles. The van der Waals surface area contributed by atoms with E-state index >= 15 is 0 Å². The Labute approximate surface area is 87.4 Å². The van der Waals surface area contributed by atoms with E-state index in [4.69, 9.17) is 14.6 Å². The summed E-state index contributed by atoms with van der Waals surface area (Å²) >= 11 is 0. The number of aliphatic hydroxyl groups is 1. The Morgan fingerprint density at radius 3 is 2.43 bits per heavy atom. The van der Waals surface area contributed by atoms with Crippen LogP contribution in [0.3, 0.4) is 0 Å². The molecule has 0 bridgehead atoms. The fraction of sp³-hybridized carbons (Fsp3) is 1.00. The number of unbranched alkanes of at least 4 members (excludes halogenated alkanes) is 4. The van der Waals surface area contributed by atoms with Crippen molar-refractivity contribution in [2.75, 3.05) is 26.9 Å². The maximum absolute atomic E-state index is 8.79. The van der Waals surface area contributed by atoms with Crippen molar-refractivity contribution in [3.8, 4) is 0 Å². The highest BCUT2D eigenvalue weighted by Gasteiger charge is 2.04. The average Bonchev–Trinajstić information content (AvgIpc) is 2.22. The molecule has 1 unspecified atom stereocenters. The first-order valence-corrected chi connectivity index (χ1v) is 5.56. The summed E-state index contributed by atoms with van der Waals surface area (Å²) in [4.78, 5) is 0. The van der Waals surface area contributed by atoms with Gasteiger partial charge in [-0.25, -0.2) is 0 Å². The van der Waals surface area contributed by atoms with Crippen LogP contribution in [-0.2, 0) is 9.47 Å². The second-order valence-corrected chi connectivity index (χ2v) is 3.53. The minimum absolute atomic E-state index is 0.0341. The van der Waals surface area contributed by atoms with Crippen LogP contribution in [0.1, 0.15) is 39.0 Å². The van der Waals surface area contributed by atoms with Gasteiger partial charge in [-0.1, -0.05) is 32.6 Å². The van der Waals surface area contributed by atoms with E-state index in [0.29, 0.717) is 6.61 Å². The van der Waals surface area contributed by atoms with E-state index < -0.39 is 0 Å². The van der Waals surface area contributed by atoms with E-state index in [1.54, 1.807) is 7.11 Å². The molecule has 1 atom stereocenters. The van der Waals surface area contributed by atoms with Crippen molar-refractivity contribution in [1.82, 2.24) is 0 Å². The van der Waals surface area contributed by atoms with E-state index in [2.05, 4.69) is 6.92 Å². The maximum Gasteiger partial charge on any atom is 0.103 e. The Morgan fingerprint density at radius 2 is 1.86 bits per heavy atom. The zero-order valence-corrected chi connectivity index (χ0v) is 9.50. The monoisotopic (exact) mass is 204 g/mol. The molecule has 86 valence electrons. The zero-order chi connectivity index (χ0) is 10.6.